The molecule has 0 aliphatic rings. The van der Waals surface area contributed by atoms with Crippen LogP contribution in [-0.4, -0.2) is 37.8 Å². The molecule has 0 atom stereocenters. The third-order valence-electron chi connectivity index (χ3n) is 4.78. The third kappa shape index (κ3) is 5.35. The Labute approximate surface area is 194 Å². The van der Waals surface area contributed by atoms with Crippen molar-refractivity contribution in [2.45, 2.75) is 27.4 Å². The van der Waals surface area contributed by atoms with Crippen LogP contribution < -0.4 is 14.8 Å². The number of halogens is 2. The smallest absolute Gasteiger partial charge is 0.388 e. The molecule has 1 N–H and O–H groups in total. The molecule has 0 unspecified atom stereocenters. The van der Waals surface area contributed by atoms with Crippen LogP contribution in [0.4, 0.5) is 20.4 Å². The van der Waals surface area contributed by atoms with Gasteiger partial charge in [0.1, 0.15) is 24.5 Å². The van der Waals surface area contributed by atoms with Crippen molar-refractivity contribution in [3.05, 3.63) is 54.7 Å². The van der Waals surface area contributed by atoms with Crippen LogP contribution in [0.2, 0.25) is 0 Å². The molecule has 0 aromatic carbocycles. The molecule has 0 saturated carbocycles. The fourth-order valence-corrected chi connectivity index (χ4v) is 3.09. The van der Waals surface area contributed by atoms with Gasteiger partial charge in [0.15, 0.2) is 5.82 Å². The Morgan fingerprint density at radius 1 is 1.15 bits per heavy atom. The highest BCUT2D eigenvalue weighted by molar-refractivity contribution is 5.75. The first-order valence-corrected chi connectivity index (χ1v) is 10.3. The van der Waals surface area contributed by atoms with Gasteiger partial charge >= 0.3 is 6.61 Å². The van der Waals surface area contributed by atoms with E-state index in [1.165, 1.54) is 18.6 Å². The fourth-order valence-electron chi connectivity index (χ4n) is 3.09. The summed E-state index contributed by atoms with van der Waals surface area (Å²) in [6.07, 6.45) is 4.51. The number of aromatic nitrogens is 5. The number of hydrogen-bond donors (Lipinski definition) is 1. The number of fused-ring (bicyclic) bond motifs is 1. The molecule has 4 aromatic rings. The molecule has 34 heavy (non-hydrogen) atoms. The third-order valence-corrected chi connectivity index (χ3v) is 4.78. The van der Waals surface area contributed by atoms with E-state index in [1.807, 2.05) is 19.1 Å². The zero-order valence-corrected chi connectivity index (χ0v) is 18.7. The van der Waals surface area contributed by atoms with Crippen LogP contribution >= 0.6 is 0 Å². The van der Waals surface area contributed by atoms with Crippen LogP contribution in [0.25, 0.3) is 16.6 Å². The van der Waals surface area contributed by atoms with Gasteiger partial charge in [-0.2, -0.15) is 19.1 Å². The van der Waals surface area contributed by atoms with Gasteiger partial charge in [-0.05, 0) is 38.5 Å². The largest absolute Gasteiger partial charge is 0.490 e. The van der Waals surface area contributed by atoms with Gasteiger partial charge in [-0.25, -0.2) is 19.5 Å². The van der Waals surface area contributed by atoms with Gasteiger partial charge in [0.25, 0.3) is 0 Å². The summed E-state index contributed by atoms with van der Waals surface area (Å²) in [5, 5.41) is 16.9. The molecule has 0 saturated heterocycles. The van der Waals surface area contributed by atoms with Crippen LogP contribution in [0.5, 0.6) is 11.6 Å². The number of aryl methyl sites for hydroxylation is 1. The van der Waals surface area contributed by atoms with Gasteiger partial charge < -0.3 is 14.8 Å². The molecule has 174 valence electrons. The van der Waals surface area contributed by atoms with Crippen molar-refractivity contribution in [2.75, 3.05) is 11.9 Å². The number of pyridine rings is 2. The van der Waals surface area contributed by atoms with Crippen molar-refractivity contribution >= 4 is 17.2 Å². The molecule has 0 bridgehead atoms. The van der Waals surface area contributed by atoms with Crippen LogP contribution in [0.3, 0.4) is 0 Å². The quantitative estimate of drug-likeness (QED) is 0.396. The number of hydrogen-bond acceptors (Lipinski definition) is 8. The number of ether oxygens (including phenoxy) is 2. The first-order valence-electron chi connectivity index (χ1n) is 10.3. The maximum atomic E-state index is 12.8. The number of rotatable bonds is 8. The lowest BCUT2D eigenvalue weighted by Crippen LogP contribution is -2.19. The van der Waals surface area contributed by atoms with Crippen molar-refractivity contribution in [1.29, 1.82) is 5.26 Å². The molecule has 11 heteroatoms. The molecule has 9 nitrogen and oxygen atoms in total. The second-order valence-corrected chi connectivity index (χ2v) is 8.17. The molecule has 4 aromatic heterocycles. The minimum Gasteiger partial charge on any atom is -0.490 e. The SMILES string of the molecule is Cc1cc(Nc2cc3cc(-c4cc(OC(F)F)ncc4OCC(C)(C)C#N)ccn3n2)ncn1. The average Bonchev–Trinajstić information content (AvgIpc) is 3.19. The van der Waals surface area contributed by atoms with E-state index >= 15 is 0 Å². The zero-order valence-electron chi connectivity index (χ0n) is 18.7. The Kier molecular flexibility index (Phi) is 6.23. The van der Waals surface area contributed by atoms with Crippen molar-refractivity contribution in [1.82, 2.24) is 24.6 Å². The van der Waals surface area contributed by atoms with Gasteiger partial charge in [-0.3, -0.25) is 0 Å². The molecule has 0 fully saturated rings. The highest BCUT2D eigenvalue weighted by Crippen LogP contribution is 2.34. The number of nitrogens with one attached hydrogen (secondary N) is 1. The highest BCUT2D eigenvalue weighted by Gasteiger charge is 2.20. The van der Waals surface area contributed by atoms with E-state index in [2.05, 4.69) is 36.2 Å². The van der Waals surface area contributed by atoms with Crippen LogP contribution in [0, 0.1) is 23.7 Å². The predicted octanol–water partition coefficient (Wildman–Crippen LogP) is 4.77. The molecule has 0 radical (unpaired) electrons. The maximum Gasteiger partial charge on any atom is 0.388 e. The van der Waals surface area contributed by atoms with E-state index < -0.39 is 12.0 Å². The first kappa shape index (κ1) is 22.8. The van der Waals surface area contributed by atoms with Crippen LogP contribution in [-0.2, 0) is 0 Å². The maximum absolute atomic E-state index is 12.8. The lowest BCUT2D eigenvalue weighted by molar-refractivity contribution is -0.0528. The lowest BCUT2D eigenvalue weighted by Gasteiger charge is -2.18. The summed E-state index contributed by atoms with van der Waals surface area (Å²) in [5.74, 6) is 1.27. The summed E-state index contributed by atoms with van der Waals surface area (Å²) >= 11 is 0. The first-order chi connectivity index (χ1) is 16.2. The average molecular weight is 465 g/mol. The molecular weight excluding hydrogens is 444 g/mol. The van der Waals surface area contributed by atoms with Crippen molar-refractivity contribution in [3.63, 3.8) is 0 Å². The minimum absolute atomic E-state index is 0.0918. The Bertz CT molecular complexity index is 1370. The number of nitrogens with zero attached hydrogens (tertiary/aromatic N) is 6. The van der Waals surface area contributed by atoms with Crippen LogP contribution in [0.15, 0.2) is 49.1 Å². The van der Waals surface area contributed by atoms with Gasteiger partial charge in [-0.1, -0.05) is 0 Å². The van der Waals surface area contributed by atoms with Crippen molar-refractivity contribution in [3.8, 4) is 28.8 Å². The monoisotopic (exact) mass is 465 g/mol. The minimum atomic E-state index is -3.01. The molecule has 4 heterocycles. The Morgan fingerprint density at radius 3 is 2.71 bits per heavy atom. The highest BCUT2D eigenvalue weighted by atomic mass is 19.3. The standard InChI is InChI=1S/C23H21F2N7O2/c1-14-6-19(29-13-28-14)30-20-8-16-7-15(4-5-32(16)31-20)17-9-21(34-22(24)25)27-10-18(17)33-12-23(2,3)11-26/h4-10,13,22H,12H2,1-3H3,(H,28,29,30,31). The molecule has 0 amide bonds. The lowest BCUT2D eigenvalue weighted by atomic mass is 9.97. The zero-order chi connectivity index (χ0) is 24.3. The van der Waals surface area contributed by atoms with Gasteiger partial charge in [0, 0.05) is 35.7 Å². The van der Waals surface area contributed by atoms with E-state index in [0.717, 1.165) is 11.2 Å². The Morgan fingerprint density at radius 2 is 1.97 bits per heavy atom. The summed E-state index contributed by atoms with van der Waals surface area (Å²) in [4.78, 5) is 12.1. The number of alkyl halides is 2. The molecule has 0 aliphatic carbocycles. The molecular formula is C23H21F2N7O2. The summed E-state index contributed by atoms with van der Waals surface area (Å²) in [6, 6.07) is 10.7. The summed E-state index contributed by atoms with van der Waals surface area (Å²) in [7, 11) is 0. The number of nitriles is 1. The van der Waals surface area contributed by atoms with Crippen LogP contribution in [0.1, 0.15) is 19.5 Å². The Hall–Kier alpha value is -4.33. The number of anilines is 2. The summed E-state index contributed by atoms with van der Waals surface area (Å²) < 4.78 is 37.5. The molecule has 4 rings (SSSR count). The van der Waals surface area contributed by atoms with E-state index in [1.54, 1.807) is 36.7 Å². The topological polar surface area (TPSA) is 110 Å². The molecule has 0 aliphatic heterocycles. The van der Waals surface area contributed by atoms with Crippen molar-refractivity contribution < 1.29 is 18.3 Å². The second kappa shape index (κ2) is 9.27. The Balaban J connectivity index is 1.68. The predicted molar refractivity (Wildman–Crippen MR) is 120 cm³/mol. The summed E-state index contributed by atoms with van der Waals surface area (Å²) in [5.41, 5.74) is 1.97. The molecule has 0 spiro atoms. The fraction of sp³-hybridized carbons (Fsp3) is 0.261. The van der Waals surface area contributed by atoms with Gasteiger partial charge in [0.05, 0.1) is 23.2 Å². The van der Waals surface area contributed by atoms with E-state index in [-0.39, 0.29) is 12.5 Å². The van der Waals surface area contributed by atoms with E-state index in [0.29, 0.717) is 28.5 Å². The van der Waals surface area contributed by atoms with Gasteiger partial charge in [-0.15, -0.1) is 0 Å². The van der Waals surface area contributed by atoms with Crippen molar-refractivity contribution in [2.24, 2.45) is 5.41 Å². The van der Waals surface area contributed by atoms with E-state index in [9.17, 15) is 14.0 Å². The normalized spacial score (nSPS) is 11.4. The van der Waals surface area contributed by atoms with Gasteiger partial charge in [0.2, 0.25) is 5.88 Å². The summed E-state index contributed by atoms with van der Waals surface area (Å²) in [6.45, 7) is 2.41. The second-order valence-electron chi connectivity index (χ2n) is 8.17. The van der Waals surface area contributed by atoms with E-state index in [4.69, 9.17) is 4.74 Å².